The molecule has 1 saturated carbocycles. The first-order valence-electron chi connectivity index (χ1n) is 4.21. The molecule has 3 nitrogen and oxygen atoms in total. The average molecular weight is 236 g/mol. The van der Waals surface area contributed by atoms with Crippen LogP contribution >= 0.6 is 15.9 Å². The molecule has 0 aromatic carbocycles. The predicted molar refractivity (Wildman–Crippen MR) is 50.5 cm³/mol. The predicted octanol–water partition coefficient (Wildman–Crippen LogP) is 1.91. The summed E-state index contributed by atoms with van der Waals surface area (Å²) in [6, 6.07) is 0.386. The normalized spacial score (nSPS) is 18.5. The highest BCUT2D eigenvalue weighted by molar-refractivity contribution is 9.09. The molecular formula is C8H14BrNO2. The van der Waals surface area contributed by atoms with Gasteiger partial charge in [0, 0.05) is 17.3 Å². The van der Waals surface area contributed by atoms with E-state index in [0.717, 1.165) is 18.2 Å². The van der Waals surface area contributed by atoms with Crippen molar-refractivity contribution < 1.29 is 9.53 Å². The van der Waals surface area contributed by atoms with E-state index in [1.807, 2.05) is 6.92 Å². The van der Waals surface area contributed by atoms with Gasteiger partial charge in [0.2, 0.25) is 0 Å². The van der Waals surface area contributed by atoms with Crippen molar-refractivity contribution in [3.05, 3.63) is 0 Å². The molecule has 70 valence electrons. The van der Waals surface area contributed by atoms with E-state index in [0.29, 0.717) is 18.6 Å². The van der Waals surface area contributed by atoms with E-state index in [9.17, 15) is 4.79 Å². The summed E-state index contributed by atoms with van der Waals surface area (Å²) < 4.78 is 4.97. The standard InChI is InChI=1S/C8H14BrNO2/c1-6(4-9)5-12-8(11)10-7-2-3-7/h6-7H,2-5H2,1H3,(H,10,11). The summed E-state index contributed by atoms with van der Waals surface area (Å²) in [7, 11) is 0. The fraction of sp³-hybridized carbons (Fsp3) is 0.875. The molecule has 0 saturated heterocycles. The van der Waals surface area contributed by atoms with Crippen molar-refractivity contribution in [1.29, 1.82) is 0 Å². The minimum Gasteiger partial charge on any atom is -0.449 e. The van der Waals surface area contributed by atoms with Crippen LogP contribution in [0, 0.1) is 5.92 Å². The van der Waals surface area contributed by atoms with E-state index in [4.69, 9.17) is 4.74 Å². The van der Waals surface area contributed by atoms with Crippen LogP contribution in [0.1, 0.15) is 19.8 Å². The first-order chi connectivity index (χ1) is 5.72. The van der Waals surface area contributed by atoms with Gasteiger partial charge in [-0.2, -0.15) is 0 Å². The summed E-state index contributed by atoms with van der Waals surface area (Å²) >= 11 is 3.32. The Bertz CT molecular complexity index is 159. The van der Waals surface area contributed by atoms with Crippen LogP contribution in [0.15, 0.2) is 0 Å². The van der Waals surface area contributed by atoms with Crippen molar-refractivity contribution in [2.24, 2.45) is 5.92 Å². The molecule has 0 spiro atoms. The zero-order valence-corrected chi connectivity index (χ0v) is 8.76. The molecule has 0 aliphatic heterocycles. The van der Waals surface area contributed by atoms with Crippen molar-refractivity contribution in [1.82, 2.24) is 5.32 Å². The summed E-state index contributed by atoms with van der Waals surface area (Å²) in [6.07, 6.45) is 1.93. The number of hydrogen-bond acceptors (Lipinski definition) is 2. The van der Waals surface area contributed by atoms with Crippen molar-refractivity contribution in [2.45, 2.75) is 25.8 Å². The van der Waals surface area contributed by atoms with Crippen LogP contribution < -0.4 is 5.32 Å². The SMILES string of the molecule is CC(CBr)COC(=O)NC1CC1. The smallest absolute Gasteiger partial charge is 0.407 e. The number of rotatable bonds is 4. The maximum absolute atomic E-state index is 11.0. The third-order valence-corrected chi connectivity index (χ3v) is 2.77. The molecule has 1 unspecified atom stereocenters. The molecule has 0 heterocycles. The average Bonchev–Trinajstić information content (AvgIpc) is 2.84. The number of carbonyl (C=O) groups excluding carboxylic acids is 1. The van der Waals surface area contributed by atoms with E-state index in [-0.39, 0.29) is 6.09 Å². The number of carbonyl (C=O) groups is 1. The lowest BCUT2D eigenvalue weighted by Crippen LogP contribution is -2.27. The number of amides is 1. The topological polar surface area (TPSA) is 38.3 Å². The molecule has 1 amide bonds. The number of nitrogens with one attached hydrogen (secondary N) is 1. The van der Waals surface area contributed by atoms with E-state index in [2.05, 4.69) is 21.2 Å². The second kappa shape index (κ2) is 4.70. The molecule has 1 aliphatic carbocycles. The molecule has 1 rings (SSSR count). The molecule has 0 aromatic heterocycles. The Morgan fingerprint density at radius 2 is 2.42 bits per heavy atom. The van der Waals surface area contributed by atoms with Crippen molar-refractivity contribution in [3.8, 4) is 0 Å². The minimum absolute atomic E-state index is 0.273. The van der Waals surface area contributed by atoms with Gasteiger partial charge in [0.15, 0.2) is 0 Å². The van der Waals surface area contributed by atoms with Gasteiger partial charge in [0.05, 0.1) is 6.61 Å². The van der Waals surface area contributed by atoms with Crippen LogP contribution in [-0.2, 0) is 4.74 Å². The molecule has 1 aliphatic rings. The van der Waals surface area contributed by atoms with Crippen LogP contribution in [0.2, 0.25) is 0 Å². The Labute approximate surface area is 81.0 Å². The van der Waals surface area contributed by atoms with E-state index >= 15 is 0 Å². The van der Waals surface area contributed by atoms with E-state index in [1.54, 1.807) is 0 Å². The molecule has 1 N–H and O–H groups in total. The van der Waals surface area contributed by atoms with E-state index in [1.165, 1.54) is 0 Å². The molecule has 0 bridgehead atoms. The quantitative estimate of drug-likeness (QED) is 0.757. The molecule has 0 radical (unpaired) electrons. The Balaban J connectivity index is 2.00. The fourth-order valence-electron chi connectivity index (χ4n) is 0.698. The largest absolute Gasteiger partial charge is 0.449 e. The maximum Gasteiger partial charge on any atom is 0.407 e. The Hall–Kier alpha value is -0.250. The highest BCUT2D eigenvalue weighted by Gasteiger charge is 2.23. The molecule has 1 fully saturated rings. The van der Waals surface area contributed by atoms with Crippen LogP contribution in [-0.4, -0.2) is 24.1 Å². The van der Waals surface area contributed by atoms with Gasteiger partial charge in [-0.3, -0.25) is 0 Å². The third-order valence-electron chi connectivity index (χ3n) is 1.66. The molecule has 12 heavy (non-hydrogen) atoms. The summed E-state index contributed by atoms with van der Waals surface area (Å²) in [5.41, 5.74) is 0. The molecule has 0 aromatic rings. The number of alkyl carbamates (subject to hydrolysis) is 1. The van der Waals surface area contributed by atoms with Gasteiger partial charge >= 0.3 is 6.09 Å². The second-order valence-corrected chi connectivity index (χ2v) is 3.92. The van der Waals surface area contributed by atoms with Crippen molar-refractivity contribution in [2.75, 3.05) is 11.9 Å². The lowest BCUT2D eigenvalue weighted by atomic mass is 10.2. The van der Waals surface area contributed by atoms with Crippen LogP contribution in [0.3, 0.4) is 0 Å². The Kier molecular flexibility index (Phi) is 3.85. The second-order valence-electron chi connectivity index (χ2n) is 3.28. The highest BCUT2D eigenvalue weighted by Crippen LogP contribution is 2.18. The lowest BCUT2D eigenvalue weighted by molar-refractivity contribution is 0.133. The number of halogens is 1. The molecular weight excluding hydrogens is 222 g/mol. The fourth-order valence-corrected chi connectivity index (χ4v) is 0.885. The van der Waals surface area contributed by atoms with Gasteiger partial charge in [-0.15, -0.1) is 0 Å². The van der Waals surface area contributed by atoms with Crippen molar-refractivity contribution >= 4 is 22.0 Å². The molecule has 4 heteroatoms. The first kappa shape index (κ1) is 9.84. The third kappa shape index (κ3) is 3.95. The van der Waals surface area contributed by atoms with Gasteiger partial charge in [-0.25, -0.2) is 4.79 Å². The van der Waals surface area contributed by atoms with Gasteiger partial charge in [0.25, 0.3) is 0 Å². The summed E-state index contributed by atoms with van der Waals surface area (Å²) in [5.74, 6) is 0.384. The van der Waals surface area contributed by atoms with E-state index < -0.39 is 0 Å². The summed E-state index contributed by atoms with van der Waals surface area (Å²) in [6.45, 7) is 2.52. The summed E-state index contributed by atoms with van der Waals surface area (Å²) in [4.78, 5) is 11.0. The number of hydrogen-bond donors (Lipinski definition) is 1. The zero-order valence-electron chi connectivity index (χ0n) is 7.18. The Morgan fingerprint density at radius 3 is 2.92 bits per heavy atom. The zero-order chi connectivity index (χ0) is 8.97. The van der Waals surface area contributed by atoms with Gasteiger partial charge < -0.3 is 10.1 Å². The number of alkyl halides is 1. The van der Waals surface area contributed by atoms with Crippen LogP contribution in [0.5, 0.6) is 0 Å². The minimum atomic E-state index is -0.273. The number of ether oxygens (including phenoxy) is 1. The lowest BCUT2D eigenvalue weighted by Gasteiger charge is -2.09. The summed E-state index contributed by atoms with van der Waals surface area (Å²) in [5, 5.41) is 3.62. The first-order valence-corrected chi connectivity index (χ1v) is 5.33. The highest BCUT2D eigenvalue weighted by atomic mass is 79.9. The van der Waals surface area contributed by atoms with Gasteiger partial charge in [-0.05, 0) is 12.8 Å². The Morgan fingerprint density at radius 1 is 1.75 bits per heavy atom. The van der Waals surface area contributed by atoms with Gasteiger partial charge in [-0.1, -0.05) is 22.9 Å². The maximum atomic E-state index is 11.0. The van der Waals surface area contributed by atoms with Crippen LogP contribution in [0.25, 0.3) is 0 Å². The monoisotopic (exact) mass is 235 g/mol. The van der Waals surface area contributed by atoms with Gasteiger partial charge in [0.1, 0.15) is 0 Å². The van der Waals surface area contributed by atoms with Crippen molar-refractivity contribution in [3.63, 3.8) is 0 Å². The molecule has 1 atom stereocenters. The van der Waals surface area contributed by atoms with Crippen LogP contribution in [0.4, 0.5) is 4.79 Å².